The second-order valence-corrected chi connectivity index (χ2v) is 4.18. The molecule has 1 amide bonds. The van der Waals surface area contributed by atoms with Gasteiger partial charge in [0.05, 0.1) is 7.11 Å². The standard InChI is InChI=1S/C10H19NO2/c1-7-5-8(2)9(3)11(6-7)10(12)13-4/h7-9H,5-6H2,1-4H3. The molecule has 0 aromatic carbocycles. The molecular weight excluding hydrogens is 166 g/mol. The van der Waals surface area contributed by atoms with E-state index in [2.05, 4.69) is 20.8 Å². The zero-order valence-corrected chi connectivity index (χ0v) is 8.91. The first-order chi connectivity index (χ1) is 6.06. The average Bonchev–Trinajstić information content (AvgIpc) is 2.10. The summed E-state index contributed by atoms with van der Waals surface area (Å²) in [6, 6.07) is 0.309. The van der Waals surface area contributed by atoms with E-state index >= 15 is 0 Å². The number of carbonyl (C=O) groups excluding carboxylic acids is 1. The third-order valence-corrected chi connectivity index (χ3v) is 3.01. The Labute approximate surface area is 80.1 Å². The van der Waals surface area contributed by atoms with Crippen molar-refractivity contribution < 1.29 is 9.53 Å². The molecule has 1 saturated heterocycles. The maximum absolute atomic E-state index is 11.4. The summed E-state index contributed by atoms with van der Waals surface area (Å²) in [6.45, 7) is 7.29. The minimum atomic E-state index is -0.189. The first-order valence-electron chi connectivity index (χ1n) is 4.90. The van der Waals surface area contributed by atoms with E-state index in [0.717, 1.165) is 6.54 Å². The third-order valence-electron chi connectivity index (χ3n) is 3.01. The van der Waals surface area contributed by atoms with Crippen molar-refractivity contribution in [3.8, 4) is 0 Å². The van der Waals surface area contributed by atoms with Crippen molar-refractivity contribution in [1.29, 1.82) is 0 Å². The molecule has 0 saturated carbocycles. The van der Waals surface area contributed by atoms with Gasteiger partial charge in [-0.05, 0) is 25.2 Å². The van der Waals surface area contributed by atoms with Crippen LogP contribution in [-0.4, -0.2) is 30.7 Å². The van der Waals surface area contributed by atoms with E-state index in [1.54, 1.807) is 0 Å². The summed E-state index contributed by atoms with van der Waals surface area (Å²) in [5.74, 6) is 1.16. The minimum absolute atomic E-state index is 0.189. The molecule has 76 valence electrons. The summed E-state index contributed by atoms with van der Waals surface area (Å²) in [5, 5.41) is 0. The van der Waals surface area contributed by atoms with Gasteiger partial charge in [0.1, 0.15) is 0 Å². The number of methoxy groups -OCH3 is 1. The van der Waals surface area contributed by atoms with Gasteiger partial charge in [0.25, 0.3) is 0 Å². The Hall–Kier alpha value is -0.730. The molecule has 0 aliphatic carbocycles. The van der Waals surface area contributed by atoms with Gasteiger partial charge in [-0.3, -0.25) is 0 Å². The summed E-state index contributed by atoms with van der Waals surface area (Å²) in [5.41, 5.74) is 0. The Bertz CT molecular complexity index is 193. The first-order valence-corrected chi connectivity index (χ1v) is 4.90. The van der Waals surface area contributed by atoms with Gasteiger partial charge in [-0.2, -0.15) is 0 Å². The number of rotatable bonds is 0. The molecule has 1 aliphatic heterocycles. The van der Waals surface area contributed by atoms with E-state index in [1.807, 2.05) is 4.90 Å². The highest BCUT2D eigenvalue weighted by atomic mass is 16.5. The molecule has 3 atom stereocenters. The number of carbonyl (C=O) groups is 1. The molecule has 3 heteroatoms. The van der Waals surface area contributed by atoms with Gasteiger partial charge in [-0.25, -0.2) is 4.79 Å². The maximum Gasteiger partial charge on any atom is 0.409 e. The molecule has 3 unspecified atom stereocenters. The molecule has 0 bridgehead atoms. The third kappa shape index (κ3) is 2.14. The van der Waals surface area contributed by atoms with Gasteiger partial charge in [0.2, 0.25) is 0 Å². The van der Waals surface area contributed by atoms with Crippen LogP contribution in [0.15, 0.2) is 0 Å². The highest BCUT2D eigenvalue weighted by molar-refractivity contribution is 5.68. The molecule has 0 radical (unpaired) electrons. The molecule has 0 aromatic heterocycles. The predicted octanol–water partition coefficient (Wildman–Crippen LogP) is 2.12. The number of ether oxygens (including phenoxy) is 1. The van der Waals surface area contributed by atoms with Crippen molar-refractivity contribution >= 4 is 6.09 Å². The van der Waals surface area contributed by atoms with Crippen molar-refractivity contribution in [1.82, 2.24) is 4.90 Å². The van der Waals surface area contributed by atoms with Crippen LogP contribution < -0.4 is 0 Å². The molecule has 1 fully saturated rings. The Morgan fingerprint density at radius 2 is 2.00 bits per heavy atom. The van der Waals surface area contributed by atoms with E-state index in [4.69, 9.17) is 4.74 Å². The second-order valence-electron chi connectivity index (χ2n) is 4.18. The number of likely N-dealkylation sites (tertiary alicyclic amines) is 1. The summed E-state index contributed by atoms with van der Waals surface area (Å²) < 4.78 is 4.74. The lowest BCUT2D eigenvalue weighted by Crippen LogP contribution is -2.48. The fourth-order valence-corrected chi connectivity index (χ4v) is 2.07. The first kappa shape index (κ1) is 10.4. The van der Waals surface area contributed by atoms with E-state index in [-0.39, 0.29) is 6.09 Å². The van der Waals surface area contributed by atoms with Crippen molar-refractivity contribution in [3.05, 3.63) is 0 Å². The summed E-state index contributed by atoms with van der Waals surface area (Å²) >= 11 is 0. The number of hydrogen-bond acceptors (Lipinski definition) is 2. The van der Waals surface area contributed by atoms with Gasteiger partial charge in [0.15, 0.2) is 0 Å². The number of nitrogens with zero attached hydrogens (tertiary/aromatic N) is 1. The van der Waals surface area contributed by atoms with Gasteiger partial charge < -0.3 is 9.64 Å². The predicted molar refractivity (Wildman–Crippen MR) is 51.5 cm³/mol. The van der Waals surface area contributed by atoms with Crippen LogP contribution in [-0.2, 0) is 4.74 Å². The Morgan fingerprint density at radius 3 is 2.54 bits per heavy atom. The average molecular weight is 185 g/mol. The maximum atomic E-state index is 11.4. The monoisotopic (exact) mass is 185 g/mol. The molecule has 0 aromatic rings. The molecule has 0 spiro atoms. The largest absolute Gasteiger partial charge is 0.453 e. The van der Waals surface area contributed by atoms with Crippen LogP contribution in [0.2, 0.25) is 0 Å². The van der Waals surface area contributed by atoms with Crippen molar-refractivity contribution in [2.45, 2.75) is 33.2 Å². The Morgan fingerprint density at radius 1 is 1.38 bits per heavy atom. The SMILES string of the molecule is COC(=O)N1CC(C)CC(C)C1C. The Balaban J connectivity index is 2.66. The van der Waals surface area contributed by atoms with Crippen LogP contribution in [0.3, 0.4) is 0 Å². The lowest BCUT2D eigenvalue weighted by molar-refractivity contribution is 0.0585. The van der Waals surface area contributed by atoms with E-state index in [1.165, 1.54) is 13.5 Å². The van der Waals surface area contributed by atoms with Gasteiger partial charge in [-0.15, -0.1) is 0 Å². The van der Waals surface area contributed by atoms with Crippen LogP contribution >= 0.6 is 0 Å². The molecule has 1 aliphatic rings. The molecule has 1 heterocycles. The van der Waals surface area contributed by atoms with Crippen molar-refractivity contribution in [2.75, 3.05) is 13.7 Å². The van der Waals surface area contributed by atoms with Crippen LogP contribution in [0.5, 0.6) is 0 Å². The number of hydrogen-bond donors (Lipinski definition) is 0. The molecule has 0 N–H and O–H groups in total. The zero-order valence-electron chi connectivity index (χ0n) is 8.91. The molecule has 1 rings (SSSR count). The number of piperidine rings is 1. The van der Waals surface area contributed by atoms with Crippen LogP contribution in [0, 0.1) is 11.8 Å². The summed E-state index contributed by atoms with van der Waals surface area (Å²) in [4.78, 5) is 13.2. The topological polar surface area (TPSA) is 29.5 Å². The normalized spacial score (nSPS) is 34.5. The van der Waals surface area contributed by atoms with Crippen LogP contribution in [0.1, 0.15) is 27.2 Å². The highest BCUT2D eigenvalue weighted by Crippen LogP contribution is 2.26. The lowest BCUT2D eigenvalue weighted by atomic mass is 9.86. The summed E-state index contributed by atoms with van der Waals surface area (Å²) in [7, 11) is 1.44. The highest BCUT2D eigenvalue weighted by Gasteiger charge is 2.32. The quantitative estimate of drug-likeness (QED) is 0.578. The summed E-state index contributed by atoms with van der Waals surface area (Å²) in [6.07, 6.45) is 1.01. The van der Waals surface area contributed by atoms with Crippen LogP contribution in [0.25, 0.3) is 0 Å². The molecular formula is C10H19NO2. The lowest BCUT2D eigenvalue weighted by Gasteiger charge is -2.39. The van der Waals surface area contributed by atoms with Crippen molar-refractivity contribution in [3.63, 3.8) is 0 Å². The van der Waals surface area contributed by atoms with Gasteiger partial charge in [-0.1, -0.05) is 13.8 Å². The van der Waals surface area contributed by atoms with E-state index < -0.39 is 0 Å². The second kappa shape index (κ2) is 3.99. The fraction of sp³-hybridized carbons (Fsp3) is 0.900. The van der Waals surface area contributed by atoms with Gasteiger partial charge in [0, 0.05) is 12.6 Å². The molecule has 13 heavy (non-hydrogen) atoms. The zero-order chi connectivity index (χ0) is 10.0. The van der Waals surface area contributed by atoms with Crippen LogP contribution in [0.4, 0.5) is 4.79 Å². The van der Waals surface area contributed by atoms with E-state index in [0.29, 0.717) is 17.9 Å². The minimum Gasteiger partial charge on any atom is -0.453 e. The molecule has 3 nitrogen and oxygen atoms in total. The van der Waals surface area contributed by atoms with Gasteiger partial charge >= 0.3 is 6.09 Å². The Kier molecular flexibility index (Phi) is 3.17. The fourth-order valence-electron chi connectivity index (χ4n) is 2.07. The smallest absolute Gasteiger partial charge is 0.409 e. The van der Waals surface area contributed by atoms with E-state index in [9.17, 15) is 4.79 Å². The van der Waals surface area contributed by atoms with Crippen molar-refractivity contribution in [2.24, 2.45) is 11.8 Å². The number of amides is 1.